The van der Waals surface area contributed by atoms with Gasteiger partial charge in [0.2, 0.25) is 0 Å². The van der Waals surface area contributed by atoms with Gasteiger partial charge in [-0.15, -0.1) is 0 Å². The molecule has 0 aliphatic heterocycles. The lowest BCUT2D eigenvalue weighted by Gasteiger charge is -2.36. The summed E-state index contributed by atoms with van der Waals surface area (Å²) in [4.78, 5) is 17.6. The Morgan fingerprint density at radius 1 is 0.722 bits per heavy atom. The molecule has 3 aromatic rings. The van der Waals surface area contributed by atoms with E-state index in [0.717, 1.165) is 16.7 Å². The molecule has 0 spiro atoms. The van der Waals surface area contributed by atoms with Crippen molar-refractivity contribution in [3.63, 3.8) is 0 Å². The summed E-state index contributed by atoms with van der Waals surface area (Å²) in [5.41, 5.74) is 1.11. The molecule has 0 unspecified atom stereocenters. The van der Waals surface area contributed by atoms with E-state index in [1.165, 1.54) is 0 Å². The zero-order valence-electron chi connectivity index (χ0n) is 19.9. The smallest absolute Gasteiger partial charge is 0.469 e. The maximum Gasteiger partial charge on any atom is 0.469 e. The Balaban J connectivity index is 2.00. The van der Waals surface area contributed by atoms with E-state index in [2.05, 4.69) is 4.52 Å². The Bertz CT molecular complexity index is 1210. The number of methoxy groups -OCH3 is 2. The predicted octanol–water partition coefficient (Wildman–Crippen LogP) is 3.54. The van der Waals surface area contributed by atoms with E-state index < -0.39 is 35.6 Å². The highest BCUT2D eigenvalue weighted by atomic mass is 32.2. The summed E-state index contributed by atoms with van der Waals surface area (Å²) in [5, 5.41) is 0. The molecule has 3 aromatic carbocycles. The molecule has 0 aromatic heterocycles. The first-order chi connectivity index (χ1) is 17.1. The molecule has 11 heteroatoms. The molecule has 3 rings (SSSR count). The van der Waals surface area contributed by atoms with Gasteiger partial charge in [-0.2, -0.15) is 0 Å². The molecule has 2 N–H and O–H groups in total. The Morgan fingerprint density at radius 3 is 1.61 bits per heavy atom. The van der Waals surface area contributed by atoms with Gasteiger partial charge >= 0.3 is 7.82 Å². The highest BCUT2D eigenvalue weighted by Crippen LogP contribution is 2.41. The predicted molar refractivity (Wildman–Crippen MR) is 135 cm³/mol. The van der Waals surface area contributed by atoms with Crippen molar-refractivity contribution < 1.29 is 41.5 Å². The largest absolute Gasteiger partial charge is 0.497 e. The van der Waals surface area contributed by atoms with Crippen LogP contribution in [0.5, 0.6) is 11.5 Å². The lowest BCUT2D eigenvalue weighted by atomic mass is 9.80. The van der Waals surface area contributed by atoms with Gasteiger partial charge in [0.15, 0.2) is 9.84 Å². The average Bonchev–Trinajstić information content (AvgIpc) is 2.86. The highest BCUT2D eigenvalue weighted by Gasteiger charge is 2.38. The van der Waals surface area contributed by atoms with Crippen molar-refractivity contribution in [1.29, 1.82) is 0 Å². The second-order valence-electron chi connectivity index (χ2n) is 7.83. The van der Waals surface area contributed by atoms with Crippen molar-refractivity contribution in [2.45, 2.75) is 5.60 Å². The monoisotopic (exact) mass is 536 g/mol. The molecule has 0 atom stereocenters. The number of benzene rings is 3. The van der Waals surface area contributed by atoms with E-state index in [9.17, 15) is 13.0 Å². The minimum Gasteiger partial charge on any atom is -0.497 e. The van der Waals surface area contributed by atoms with Gasteiger partial charge in [0, 0.05) is 0 Å². The van der Waals surface area contributed by atoms with Crippen LogP contribution in [0.3, 0.4) is 0 Å². The molecule has 0 saturated heterocycles. The standard InChI is InChI=1S/C25H29O9PS/c1-31-23-12-8-21(9-13-23)25(20-6-4-3-5-7-20,22-10-14-24(32-2)15-11-22)33-16-18-36(29,30)19-17-34-35(26,27)28/h3-15H,16-19H2,1-2H3,(H2,26,27,28). The lowest BCUT2D eigenvalue weighted by molar-refractivity contribution is 0.0227. The zero-order chi connectivity index (χ0) is 26.2. The Morgan fingerprint density at radius 2 is 1.17 bits per heavy atom. The number of ether oxygens (including phenoxy) is 3. The highest BCUT2D eigenvalue weighted by molar-refractivity contribution is 7.91. The first-order valence-corrected chi connectivity index (χ1v) is 14.3. The Labute approximate surface area is 210 Å². The van der Waals surface area contributed by atoms with Crippen LogP contribution in [-0.4, -0.2) is 57.1 Å². The van der Waals surface area contributed by atoms with Gasteiger partial charge in [0.1, 0.15) is 17.1 Å². The maximum absolute atomic E-state index is 12.5. The van der Waals surface area contributed by atoms with Crippen LogP contribution in [0.2, 0.25) is 0 Å². The first-order valence-electron chi connectivity index (χ1n) is 11.0. The van der Waals surface area contributed by atoms with Gasteiger partial charge in [0.25, 0.3) is 0 Å². The summed E-state index contributed by atoms with van der Waals surface area (Å²) in [6, 6.07) is 24.1. The van der Waals surface area contributed by atoms with Crippen LogP contribution >= 0.6 is 7.82 Å². The molecule has 0 saturated carbocycles. The van der Waals surface area contributed by atoms with Crippen LogP contribution in [0.1, 0.15) is 16.7 Å². The van der Waals surface area contributed by atoms with E-state index >= 15 is 0 Å². The van der Waals surface area contributed by atoms with E-state index in [0.29, 0.717) is 11.5 Å². The zero-order valence-corrected chi connectivity index (χ0v) is 21.7. The van der Waals surface area contributed by atoms with Crippen molar-refractivity contribution in [3.05, 3.63) is 95.6 Å². The molecule has 0 heterocycles. The molecule has 9 nitrogen and oxygen atoms in total. The molecular formula is C25H29O9PS. The summed E-state index contributed by atoms with van der Waals surface area (Å²) < 4.78 is 57.3. The normalized spacial score (nSPS) is 12.3. The van der Waals surface area contributed by atoms with Crippen LogP contribution in [0.4, 0.5) is 0 Å². The Hall–Kier alpha value is -2.72. The molecule has 0 amide bonds. The van der Waals surface area contributed by atoms with Gasteiger partial charge < -0.3 is 24.0 Å². The van der Waals surface area contributed by atoms with Crippen molar-refractivity contribution in [2.75, 3.05) is 38.9 Å². The summed E-state index contributed by atoms with van der Waals surface area (Å²) in [7, 11) is -5.34. The molecule has 0 aliphatic rings. The number of hydrogen-bond donors (Lipinski definition) is 2. The van der Waals surface area contributed by atoms with Gasteiger partial charge in [-0.3, -0.25) is 4.52 Å². The van der Waals surface area contributed by atoms with Crippen molar-refractivity contribution >= 4 is 17.7 Å². The van der Waals surface area contributed by atoms with Crippen molar-refractivity contribution in [1.82, 2.24) is 0 Å². The molecule has 0 aliphatic carbocycles. The lowest BCUT2D eigenvalue weighted by Crippen LogP contribution is -2.35. The Kier molecular flexibility index (Phi) is 9.30. The number of phosphoric acid groups is 1. The topological polar surface area (TPSA) is 129 Å². The van der Waals surface area contributed by atoms with Gasteiger partial charge in [-0.25, -0.2) is 13.0 Å². The summed E-state index contributed by atoms with van der Waals surface area (Å²) in [5.74, 6) is 0.384. The van der Waals surface area contributed by atoms with Gasteiger partial charge in [-0.05, 0) is 41.0 Å². The third-order valence-corrected chi connectivity index (χ3v) is 7.64. The quantitative estimate of drug-likeness (QED) is 0.249. The minimum absolute atomic E-state index is 0.189. The molecule has 0 bridgehead atoms. The van der Waals surface area contributed by atoms with E-state index in [-0.39, 0.29) is 12.4 Å². The third kappa shape index (κ3) is 7.16. The van der Waals surface area contributed by atoms with Gasteiger partial charge in [-0.1, -0.05) is 54.6 Å². The SMILES string of the molecule is COc1ccc(C(OCCS(=O)(=O)CCOP(=O)(O)O)(c2ccccc2)c2ccc(OC)cc2)cc1. The third-order valence-electron chi connectivity index (χ3n) is 5.54. The second kappa shape index (κ2) is 12.0. The number of rotatable bonds is 13. The summed E-state index contributed by atoms with van der Waals surface area (Å²) >= 11 is 0. The summed E-state index contributed by atoms with van der Waals surface area (Å²) in [6.07, 6.45) is 0. The number of hydrogen-bond acceptors (Lipinski definition) is 7. The molecular weight excluding hydrogens is 507 g/mol. The number of sulfone groups is 1. The fourth-order valence-electron chi connectivity index (χ4n) is 3.78. The molecule has 0 fully saturated rings. The van der Waals surface area contributed by atoms with Crippen LogP contribution in [0.15, 0.2) is 78.9 Å². The van der Waals surface area contributed by atoms with Crippen LogP contribution in [0, 0.1) is 0 Å². The molecule has 36 heavy (non-hydrogen) atoms. The van der Waals surface area contributed by atoms with Crippen molar-refractivity contribution in [3.8, 4) is 11.5 Å². The fourth-order valence-corrected chi connectivity index (χ4v) is 5.11. The number of phosphoric ester groups is 1. The average molecular weight is 537 g/mol. The minimum atomic E-state index is -4.75. The van der Waals surface area contributed by atoms with Crippen LogP contribution in [0.25, 0.3) is 0 Å². The van der Waals surface area contributed by atoms with Crippen LogP contribution in [-0.2, 0) is 29.3 Å². The van der Waals surface area contributed by atoms with E-state index in [1.54, 1.807) is 38.5 Å². The van der Waals surface area contributed by atoms with E-state index in [1.807, 2.05) is 54.6 Å². The first kappa shape index (κ1) is 27.9. The molecule has 0 radical (unpaired) electrons. The van der Waals surface area contributed by atoms with E-state index in [4.69, 9.17) is 24.0 Å². The second-order valence-corrected chi connectivity index (χ2v) is 11.4. The molecule has 194 valence electrons. The maximum atomic E-state index is 12.5. The van der Waals surface area contributed by atoms with Crippen LogP contribution < -0.4 is 9.47 Å². The van der Waals surface area contributed by atoms with Gasteiger partial charge in [0.05, 0.1) is 38.9 Å². The van der Waals surface area contributed by atoms with Crippen molar-refractivity contribution in [2.24, 2.45) is 0 Å². The fraction of sp³-hybridized carbons (Fsp3) is 0.280. The summed E-state index contributed by atoms with van der Waals surface area (Å²) in [6.45, 7) is -0.807.